The quantitative estimate of drug-likeness (QED) is 0.789. The summed E-state index contributed by atoms with van der Waals surface area (Å²) in [5.41, 5.74) is 0.776. The van der Waals surface area contributed by atoms with Crippen molar-refractivity contribution in [2.75, 3.05) is 5.75 Å². The van der Waals surface area contributed by atoms with Crippen molar-refractivity contribution in [1.82, 2.24) is 9.78 Å². The van der Waals surface area contributed by atoms with Gasteiger partial charge in [0.15, 0.2) is 15.6 Å². The van der Waals surface area contributed by atoms with E-state index >= 15 is 0 Å². The first-order valence-electron chi connectivity index (χ1n) is 5.71. The van der Waals surface area contributed by atoms with Crippen LogP contribution in [-0.2, 0) is 28.1 Å². The van der Waals surface area contributed by atoms with E-state index in [9.17, 15) is 13.2 Å². The van der Waals surface area contributed by atoms with Gasteiger partial charge >= 0.3 is 0 Å². The first-order chi connectivity index (χ1) is 7.99. The van der Waals surface area contributed by atoms with Crippen LogP contribution in [0.25, 0.3) is 0 Å². The molecular formula is C11H16N2O3S. The maximum Gasteiger partial charge on any atom is 0.160 e. The number of Topliss-reactive ketones (excluding diaryl/α,β-unsaturated/α-hetero) is 1. The molecule has 94 valence electrons. The Balaban J connectivity index is 2.09. The minimum Gasteiger partial charge on any atom is -0.298 e. The second-order valence-electron chi connectivity index (χ2n) is 4.52. The summed E-state index contributed by atoms with van der Waals surface area (Å²) in [5, 5.41) is 3.17. The van der Waals surface area contributed by atoms with Crippen molar-refractivity contribution in [2.24, 2.45) is 7.05 Å². The summed E-state index contributed by atoms with van der Waals surface area (Å²) in [4.78, 5) is 12.0. The Morgan fingerprint density at radius 1 is 1.53 bits per heavy atom. The number of aryl methyl sites for hydroxylation is 1. The smallest absolute Gasteiger partial charge is 0.160 e. The number of rotatable bonds is 3. The molecule has 1 fully saturated rings. The number of carbonyl (C=O) groups excluding carboxylic acids is 1. The second-order valence-corrected chi connectivity index (χ2v) is 6.82. The van der Waals surface area contributed by atoms with Gasteiger partial charge in [-0.1, -0.05) is 6.42 Å². The zero-order valence-corrected chi connectivity index (χ0v) is 10.6. The van der Waals surface area contributed by atoms with Crippen LogP contribution in [0.2, 0.25) is 0 Å². The van der Waals surface area contributed by atoms with Crippen molar-refractivity contribution in [3.05, 3.63) is 18.0 Å². The van der Waals surface area contributed by atoms with Crippen molar-refractivity contribution in [1.29, 1.82) is 0 Å². The highest BCUT2D eigenvalue weighted by Crippen LogP contribution is 2.21. The van der Waals surface area contributed by atoms with Crippen LogP contribution in [0.15, 0.2) is 12.4 Å². The highest BCUT2D eigenvalue weighted by Gasteiger charge is 2.34. The third-order valence-electron chi connectivity index (χ3n) is 3.07. The predicted octanol–water partition coefficient (Wildman–Crippen LogP) is 0.499. The highest BCUT2D eigenvalue weighted by atomic mass is 32.2. The fraction of sp³-hybridized carbons (Fsp3) is 0.636. The molecule has 0 amide bonds. The molecule has 1 aromatic heterocycles. The van der Waals surface area contributed by atoms with Crippen LogP contribution < -0.4 is 0 Å². The largest absolute Gasteiger partial charge is 0.298 e. The van der Waals surface area contributed by atoms with Crippen molar-refractivity contribution in [3.8, 4) is 0 Å². The molecule has 2 heterocycles. The van der Waals surface area contributed by atoms with Crippen LogP contribution in [0.3, 0.4) is 0 Å². The standard InChI is InChI=1S/C11H16N2O3S/c1-13-8-9(7-12-13)6-10(14)11-4-2-3-5-17(11,15)16/h7-8,11H,2-6H2,1H3. The highest BCUT2D eigenvalue weighted by molar-refractivity contribution is 7.92. The Labute approximate surface area is 101 Å². The summed E-state index contributed by atoms with van der Waals surface area (Å²) < 4.78 is 25.2. The van der Waals surface area contributed by atoms with E-state index < -0.39 is 15.1 Å². The summed E-state index contributed by atoms with van der Waals surface area (Å²) in [6, 6.07) is 0. The molecule has 1 saturated heterocycles. The fourth-order valence-corrected chi connectivity index (χ4v) is 4.09. The molecule has 0 saturated carbocycles. The molecule has 17 heavy (non-hydrogen) atoms. The van der Waals surface area contributed by atoms with E-state index in [4.69, 9.17) is 0 Å². The minimum atomic E-state index is -3.21. The van der Waals surface area contributed by atoms with E-state index in [2.05, 4.69) is 5.10 Å². The molecule has 0 aliphatic carbocycles. The minimum absolute atomic E-state index is 0.149. The SMILES string of the molecule is Cn1cc(CC(=O)C2CCCCS2(=O)=O)cn1. The molecular weight excluding hydrogens is 240 g/mol. The van der Waals surface area contributed by atoms with Crippen LogP contribution in [0, 0.1) is 0 Å². The maximum atomic E-state index is 12.0. The van der Waals surface area contributed by atoms with Gasteiger partial charge in [-0.2, -0.15) is 5.10 Å². The lowest BCUT2D eigenvalue weighted by Crippen LogP contribution is -2.36. The molecule has 1 unspecified atom stereocenters. The van der Waals surface area contributed by atoms with E-state index in [1.54, 1.807) is 24.1 Å². The number of carbonyl (C=O) groups is 1. The predicted molar refractivity (Wildman–Crippen MR) is 63.3 cm³/mol. The van der Waals surface area contributed by atoms with Crippen molar-refractivity contribution in [3.63, 3.8) is 0 Å². The molecule has 5 nitrogen and oxygen atoms in total. The molecule has 1 atom stereocenters. The van der Waals surface area contributed by atoms with Crippen LogP contribution in [0.4, 0.5) is 0 Å². The lowest BCUT2D eigenvalue weighted by atomic mass is 10.1. The van der Waals surface area contributed by atoms with E-state index in [1.807, 2.05) is 0 Å². The van der Waals surface area contributed by atoms with Crippen molar-refractivity contribution in [2.45, 2.75) is 30.9 Å². The molecule has 0 spiro atoms. The summed E-state index contributed by atoms with van der Waals surface area (Å²) in [6.07, 6.45) is 5.49. The van der Waals surface area contributed by atoms with Crippen LogP contribution in [-0.4, -0.2) is 35.0 Å². The topological polar surface area (TPSA) is 69.0 Å². The Morgan fingerprint density at radius 3 is 2.88 bits per heavy atom. The zero-order valence-electron chi connectivity index (χ0n) is 9.80. The van der Waals surface area contributed by atoms with Gasteiger partial charge in [-0.05, 0) is 18.4 Å². The van der Waals surface area contributed by atoms with Gasteiger partial charge in [-0.3, -0.25) is 9.48 Å². The van der Waals surface area contributed by atoms with Gasteiger partial charge in [0.05, 0.1) is 11.9 Å². The number of aromatic nitrogens is 2. The third kappa shape index (κ3) is 2.74. The van der Waals surface area contributed by atoms with Crippen LogP contribution in [0.5, 0.6) is 0 Å². The lowest BCUT2D eigenvalue weighted by molar-refractivity contribution is -0.118. The van der Waals surface area contributed by atoms with Gasteiger partial charge < -0.3 is 0 Å². The third-order valence-corrected chi connectivity index (χ3v) is 5.30. The van der Waals surface area contributed by atoms with Gasteiger partial charge in [0.1, 0.15) is 5.25 Å². The second kappa shape index (κ2) is 4.60. The molecule has 0 radical (unpaired) electrons. The number of ketones is 1. The first-order valence-corrected chi connectivity index (χ1v) is 7.42. The van der Waals surface area contributed by atoms with Gasteiger partial charge in [-0.15, -0.1) is 0 Å². The number of nitrogens with zero attached hydrogens (tertiary/aromatic N) is 2. The summed E-state index contributed by atoms with van der Waals surface area (Å²) in [5.74, 6) is -0.0473. The van der Waals surface area contributed by atoms with Crippen LogP contribution in [0.1, 0.15) is 24.8 Å². The van der Waals surface area contributed by atoms with Crippen molar-refractivity contribution < 1.29 is 13.2 Å². The molecule has 0 aromatic carbocycles. The Kier molecular flexibility index (Phi) is 3.33. The van der Waals surface area contributed by atoms with Gasteiger partial charge in [-0.25, -0.2) is 8.42 Å². The average Bonchev–Trinajstić information content (AvgIpc) is 2.63. The van der Waals surface area contributed by atoms with E-state index in [-0.39, 0.29) is 18.0 Å². The number of sulfone groups is 1. The normalized spacial score (nSPS) is 23.5. The summed E-state index contributed by atoms with van der Waals surface area (Å²) >= 11 is 0. The monoisotopic (exact) mass is 256 g/mol. The van der Waals surface area contributed by atoms with E-state index in [0.29, 0.717) is 12.8 Å². The molecule has 0 N–H and O–H groups in total. The van der Waals surface area contributed by atoms with Gasteiger partial charge in [0.2, 0.25) is 0 Å². The maximum absolute atomic E-state index is 12.0. The molecule has 6 heteroatoms. The average molecular weight is 256 g/mol. The molecule has 1 aliphatic rings. The fourth-order valence-electron chi connectivity index (χ4n) is 2.19. The van der Waals surface area contributed by atoms with Crippen molar-refractivity contribution >= 4 is 15.6 Å². The van der Waals surface area contributed by atoms with E-state index in [0.717, 1.165) is 12.0 Å². The molecule has 1 aliphatic heterocycles. The Bertz CT molecular complexity index is 519. The van der Waals surface area contributed by atoms with E-state index in [1.165, 1.54) is 0 Å². The first kappa shape index (κ1) is 12.3. The Morgan fingerprint density at radius 2 is 2.29 bits per heavy atom. The van der Waals surface area contributed by atoms with Gasteiger partial charge in [0, 0.05) is 19.7 Å². The Hall–Kier alpha value is -1.17. The lowest BCUT2D eigenvalue weighted by Gasteiger charge is -2.20. The summed E-state index contributed by atoms with van der Waals surface area (Å²) in [7, 11) is -1.44. The number of hydrogen-bond donors (Lipinski definition) is 0. The molecule has 2 rings (SSSR count). The number of hydrogen-bond acceptors (Lipinski definition) is 4. The van der Waals surface area contributed by atoms with Crippen LogP contribution >= 0.6 is 0 Å². The zero-order chi connectivity index (χ0) is 12.5. The van der Waals surface area contributed by atoms with Gasteiger partial charge in [0.25, 0.3) is 0 Å². The summed E-state index contributed by atoms with van der Waals surface area (Å²) in [6.45, 7) is 0. The molecule has 0 bridgehead atoms. The molecule has 1 aromatic rings.